The summed E-state index contributed by atoms with van der Waals surface area (Å²) >= 11 is 0. The maximum Gasteiger partial charge on any atom is 0.0942 e. The molecular formula is C19H34Cl2N2O. The molecule has 0 amide bonds. The summed E-state index contributed by atoms with van der Waals surface area (Å²) in [5.41, 5.74) is 1.02. The van der Waals surface area contributed by atoms with Crippen molar-refractivity contribution in [1.82, 2.24) is 10.2 Å². The first-order valence-corrected chi connectivity index (χ1v) is 8.85. The van der Waals surface area contributed by atoms with Crippen LogP contribution in [0.4, 0.5) is 0 Å². The Hall–Kier alpha value is -0.320. The molecule has 2 N–H and O–H groups in total. The third-order valence-electron chi connectivity index (χ3n) is 4.61. The molecule has 1 heterocycles. The fraction of sp³-hybridized carbons (Fsp3) is 0.684. The van der Waals surface area contributed by atoms with E-state index in [0.717, 1.165) is 31.5 Å². The predicted octanol–water partition coefficient (Wildman–Crippen LogP) is 4.05. The van der Waals surface area contributed by atoms with Crippen molar-refractivity contribution in [3.63, 3.8) is 0 Å². The second-order valence-electron chi connectivity index (χ2n) is 6.94. The van der Waals surface area contributed by atoms with Crippen LogP contribution in [-0.2, 0) is 0 Å². The predicted molar refractivity (Wildman–Crippen MR) is 107 cm³/mol. The zero-order valence-corrected chi connectivity index (χ0v) is 16.6. The van der Waals surface area contributed by atoms with Crippen molar-refractivity contribution in [3.8, 4) is 0 Å². The van der Waals surface area contributed by atoms with Crippen molar-refractivity contribution in [2.24, 2.45) is 5.92 Å². The van der Waals surface area contributed by atoms with Crippen molar-refractivity contribution in [2.45, 2.75) is 51.7 Å². The fourth-order valence-electron chi connectivity index (χ4n) is 3.18. The van der Waals surface area contributed by atoms with Crippen LogP contribution < -0.4 is 5.32 Å². The average molecular weight is 377 g/mol. The molecule has 1 fully saturated rings. The smallest absolute Gasteiger partial charge is 0.0942 e. The second-order valence-corrected chi connectivity index (χ2v) is 6.94. The van der Waals surface area contributed by atoms with E-state index in [9.17, 15) is 5.11 Å². The number of rotatable bonds is 9. The highest BCUT2D eigenvalue weighted by atomic mass is 35.5. The molecule has 1 aromatic carbocycles. The number of aliphatic hydroxyl groups excluding tert-OH is 1. The van der Waals surface area contributed by atoms with E-state index in [1.54, 1.807) is 0 Å². The number of halogens is 2. The van der Waals surface area contributed by atoms with Crippen LogP contribution in [0.25, 0.3) is 0 Å². The summed E-state index contributed by atoms with van der Waals surface area (Å²) in [6.45, 7) is 9.03. The lowest BCUT2D eigenvalue weighted by Gasteiger charge is -2.26. The topological polar surface area (TPSA) is 35.5 Å². The van der Waals surface area contributed by atoms with Gasteiger partial charge in [-0.2, -0.15) is 0 Å². The second kappa shape index (κ2) is 13.0. The normalized spacial score (nSPS) is 17.2. The number of benzene rings is 1. The first kappa shape index (κ1) is 23.7. The minimum Gasteiger partial charge on any atom is -0.387 e. The summed E-state index contributed by atoms with van der Waals surface area (Å²) in [5.74, 6) is 0.672. The van der Waals surface area contributed by atoms with Crippen LogP contribution in [0, 0.1) is 5.92 Å². The number of hydrogen-bond acceptors (Lipinski definition) is 3. The molecule has 5 heteroatoms. The van der Waals surface area contributed by atoms with Gasteiger partial charge in [0.25, 0.3) is 0 Å². The Bertz CT molecular complexity index is 411. The van der Waals surface area contributed by atoms with Crippen molar-refractivity contribution in [1.29, 1.82) is 0 Å². The van der Waals surface area contributed by atoms with E-state index in [4.69, 9.17) is 0 Å². The van der Waals surface area contributed by atoms with Gasteiger partial charge in [0.15, 0.2) is 0 Å². The number of nitrogens with one attached hydrogen (secondary N) is 1. The van der Waals surface area contributed by atoms with Crippen molar-refractivity contribution in [3.05, 3.63) is 35.9 Å². The van der Waals surface area contributed by atoms with Gasteiger partial charge in [0.05, 0.1) is 6.10 Å². The number of aliphatic hydroxyl groups is 1. The van der Waals surface area contributed by atoms with Crippen LogP contribution in [0.5, 0.6) is 0 Å². The Morgan fingerprint density at radius 1 is 1.04 bits per heavy atom. The van der Waals surface area contributed by atoms with Gasteiger partial charge < -0.3 is 15.3 Å². The largest absolute Gasteiger partial charge is 0.387 e. The SMILES string of the molecule is CC(C)CCC(NCCN1CCCC1)C(O)c1ccccc1.Cl.Cl. The minimum absolute atomic E-state index is 0. The molecule has 2 unspecified atom stereocenters. The molecule has 0 radical (unpaired) electrons. The van der Waals surface area contributed by atoms with Crippen LogP contribution in [0.1, 0.15) is 51.2 Å². The molecule has 0 saturated carbocycles. The van der Waals surface area contributed by atoms with E-state index in [1.807, 2.05) is 30.3 Å². The highest BCUT2D eigenvalue weighted by Crippen LogP contribution is 2.21. The molecule has 1 aliphatic rings. The maximum absolute atomic E-state index is 10.7. The molecule has 0 aromatic heterocycles. The Morgan fingerprint density at radius 3 is 2.25 bits per heavy atom. The lowest BCUT2D eigenvalue weighted by Crippen LogP contribution is -2.40. The van der Waals surface area contributed by atoms with E-state index >= 15 is 0 Å². The molecule has 1 aromatic rings. The van der Waals surface area contributed by atoms with Gasteiger partial charge in [-0.15, -0.1) is 24.8 Å². The summed E-state index contributed by atoms with van der Waals surface area (Å²) in [5, 5.41) is 14.3. The van der Waals surface area contributed by atoms with Gasteiger partial charge in [0, 0.05) is 19.1 Å². The average Bonchev–Trinajstić information content (AvgIpc) is 3.04. The number of likely N-dealkylation sites (tertiary alicyclic amines) is 1. The van der Waals surface area contributed by atoms with Gasteiger partial charge in [-0.1, -0.05) is 44.2 Å². The Morgan fingerprint density at radius 2 is 1.67 bits per heavy atom. The minimum atomic E-state index is -0.418. The van der Waals surface area contributed by atoms with Crippen LogP contribution in [0.3, 0.4) is 0 Å². The van der Waals surface area contributed by atoms with Gasteiger partial charge in [0.2, 0.25) is 0 Å². The fourth-order valence-corrected chi connectivity index (χ4v) is 3.18. The molecule has 2 rings (SSSR count). The van der Waals surface area contributed by atoms with Crippen LogP contribution in [0.15, 0.2) is 30.3 Å². The maximum atomic E-state index is 10.7. The van der Waals surface area contributed by atoms with E-state index in [-0.39, 0.29) is 30.9 Å². The Kier molecular flexibility index (Phi) is 12.8. The molecular weight excluding hydrogens is 343 g/mol. The zero-order valence-electron chi connectivity index (χ0n) is 15.0. The summed E-state index contributed by atoms with van der Waals surface area (Å²) in [4.78, 5) is 2.52. The summed E-state index contributed by atoms with van der Waals surface area (Å²) in [7, 11) is 0. The zero-order chi connectivity index (χ0) is 15.8. The Labute approximate surface area is 160 Å². The van der Waals surface area contributed by atoms with Crippen molar-refractivity contribution < 1.29 is 5.11 Å². The molecule has 0 bridgehead atoms. The van der Waals surface area contributed by atoms with Crippen LogP contribution in [-0.4, -0.2) is 42.2 Å². The lowest BCUT2D eigenvalue weighted by molar-refractivity contribution is 0.118. The quantitative estimate of drug-likeness (QED) is 0.682. The molecule has 140 valence electrons. The standard InChI is InChI=1S/C19H32N2O.2ClH/c1-16(2)10-11-18(19(22)17-8-4-3-5-9-17)20-12-15-21-13-6-7-14-21;;/h3-5,8-9,16,18-20,22H,6-7,10-15H2,1-2H3;2*1H. The third kappa shape index (κ3) is 8.17. The van der Waals surface area contributed by atoms with Crippen LogP contribution in [0.2, 0.25) is 0 Å². The first-order chi connectivity index (χ1) is 10.7. The Balaban J connectivity index is 0.00000264. The third-order valence-corrected chi connectivity index (χ3v) is 4.61. The molecule has 1 saturated heterocycles. The molecule has 3 nitrogen and oxygen atoms in total. The van der Waals surface area contributed by atoms with E-state index in [1.165, 1.54) is 25.9 Å². The van der Waals surface area contributed by atoms with Gasteiger partial charge in [-0.05, 0) is 50.3 Å². The van der Waals surface area contributed by atoms with Gasteiger partial charge in [-0.25, -0.2) is 0 Å². The molecule has 0 spiro atoms. The highest BCUT2D eigenvalue weighted by molar-refractivity contribution is 5.85. The highest BCUT2D eigenvalue weighted by Gasteiger charge is 2.21. The molecule has 1 aliphatic heterocycles. The molecule has 2 atom stereocenters. The monoisotopic (exact) mass is 376 g/mol. The van der Waals surface area contributed by atoms with Gasteiger partial charge in [0.1, 0.15) is 0 Å². The van der Waals surface area contributed by atoms with Gasteiger partial charge >= 0.3 is 0 Å². The van der Waals surface area contributed by atoms with E-state index in [2.05, 4.69) is 24.1 Å². The molecule has 0 aliphatic carbocycles. The van der Waals surface area contributed by atoms with E-state index in [0.29, 0.717) is 5.92 Å². The summed E-state index contributed by atoms with van der Waals surface area (Å²) in [6, 6.07) is 10.2. The molecule has 24 heavy (non-hydrogen) atoms. The van der Waals surface area contributed by atoms with Crippen LogP contribution >= 0.6 is 24.8 Å². The summed E-state index contributed by atoms with van der Waals surface area (Å²) in [6.07, 6.45) is 4.42. The van der Waals surface area contributed by atoms with Gasteiger partial charge in [-0.3, -0.25) is 0 Å². The number of nitrogens with zero attached hydrogens (tertiary/aromatic N) is 1. The number of hydrogen-bond donors (Lipinski definition) is 2. The van der Waals surface area contributed by atoms with Crippen molar-refractivity contribution in [2.75, 3.05) is 26.2 Å². The van der Waals surface area contributed by atoms with Crippen molar-refractivity contribution >= 4 is 24.8 Å². The summed E-state index contributed by atoms with van der Waals surface area (Å²) < 4.78 is 0. The first-order valence-electron chi connectivity index (χ1n) is 8.85. The van der Waals surface area contributed by atoms with E-state index < -0.39 is 6.10 Å². The lowest BCUT2D eigenvalue weighted by atomic mass is 9.95.